The Balaban J connectivity index is 1.69. The molecular weight excluding hydrogens is 336 g/mol. The third kappa shape index (κ3) is 5.28. The van der Waals surface area contributed by atoms with Gasteiger partial charge in [0.05, 0.1) is 11.5 Å². The van der Waals surface area contributed by atoms with Gasteiger partial charge in [-0.1, -0.05) is 30.3 Å². The molecule has 0 amide bonds. The maximum absolute atomic E-state index is 12.4. The van der Waals surface area contributed by atoms with Crippen LogP contribution in [0.5, 0.6) is 5.75 Å². The predicted octanol–water partition coefficient (Wildman–Crippen LogP) is 3.24. The summed E-state index contributed by atoms with van der Waals surface area (Å²) in [4.78, 5) is -0.408. The van der Waals surface area contributed by atoms with Crippen LogP contribution in [0, 0.1) is 0 Å². The second kappa shape index (κ2) is 8.75. The van der Waals surface area contributed by atoms with E-state index in [4.69, 9.17) is 4.74 Å². The van der Waals surface area contributed by atoms with Crippen LogP contribution in [0.3, 0.4) is 0 Å². The molecular formula is C17H19F2NO3S. The summed E-state index contributed by atoms with van der Waals surface area (Å²) in [6, 6.07) is 15.0. The molecule has 1 N–H and O–H groups in total. The molecule has 0 spiro atoms. The van der Waals surface area contributed by atoms with Crippen LogP contribution in [-0.2, 0) is 16.4 Å². The van der Waals surface area contributed by atoms with Gasteiger partial charge in [0.25, 0.3) is 0 Å². The third-order valence-electron chi connectivity index (χ3n) is 3.33. The largest absolute Gasteiger partial charge is 0.494 e. The predicted molar refractivity (Wildman–Crippen MR) is 87.9 cm³/mol. The Morgan fingerprint density at radius 3 is 2.29 bits per heavy atom. The number of hydrogen-bond acceptors (Lipinski definition) is 4. The van der Waals surface area contributed by atoms with E-state index in [-0.39, 0.29) is 0 Å². The fourth-order valence-electron chi connectivity index (χ4n) is 2.04. The molecule has 0 heterocycles. The highest BCUT2D eigenvalue weighted by molar-refractivity contribution is 7.91. The molecule has 24 heavy (non-hydrogen) atoms. The molecule has 7 heteroatoms. The van der Waals surface area contributed by atoms with E-state index in [0.717, 1.165) is 31.6 Å². The average Bonchev–Trinajstić information content (AvgIpc) is 2.59. The topological polar surface area (TPSA) is 55.4 Å². The van der Waals surface area contributed by atoms with Gasteiger partial charge in [-0.05, 0) is 42.8 Å². The summed E-state index contributed by atoms with van der Waals surface area (Å²) in [5.41, 5.74) is 1.20. The van der Waals surface area contributed by atoms with Crippen molar-refractivity contribution >= 4 is 9.84 Å². The van der Waals surface area contributed by atoms with E-state index < -0.39 is 20.5 Å². The zero-order chi connectivity index (χ0) is 17.4. The monoisotopic (exact) mass is 355 g/mol. The van der Waals surface area contributed by atoms with Gasteiger partial charge in [0.15, 0.2) is 0 Å². The van der Waals surface area contributed by atoms with Crippen molar-refractivity contribution in [1.82, 2.24) is 5.32 Å². The van der Waals surface area contributed by atoms with Crippen LogP contribution >= 0.6 is 0 Å². The SMILES string of the molecule is O=S(=O)(c1ccc(OCCCNCc2ccccc2)cc1)C(F)F. The molecule has 0 aliphatic heterocycles. The molecule has 0 unspecified atom stereocenters. The Labute approximate surface area is 140 Å². The Morgan fingerprint density at radius 1 is 1.00 bits per heavy atom. The second-order valence-corrected chi connectivity index (χ2v) is 7.06. The lowest BCUT2D eigenvalue weighted by Gasteiger charge is -2.08. The van der Waals surface area contributed by atoms with E-state index in [1.807, 2.05) is 30.3 Å². The number of benzene rings is 2. The molecule has 4 nitrogen and oxygen atoms in total. The number of halogens is 2. The van der Waals surface area contributed by atoms with Gasteiger partial charge in [0, 0.05) is 6.54 Å². The molecule has 0 saturated heterocycles. The number of alkyl halides is 2. The van der Waals surface area contributed by atoms with Gasteiger partial charge in [-0.25, -0.2) is 8.42 Å². The molecule has 0 atom stereocenters. The number of ether oxygens (including phenoxy) is 1. The molecule has 130 valence electrons. The van der Waals surface area contributed by atoms with Crippen LogP contribution in [0.1, 0.15) is 12.0 Å². The van der Waals surface area contributed by atoms with Crippen molar-refractivity contribution in [1.29, 1.82) is 0 Å². The second-order valence-electron chi connectivity index (χ2n) is 5.14. The average molecular weight is 355 g/mol. The number of nitrogens with one attached hydrogen (secondary N) is 1. The first kappa shape index (κ1) is 18.4. The first-order valence-electron chi connectivity index (χ1n) is 7.50. The van der Waals surface area contributed by atoms with Crippen molar-refractivity contribution in [3.63, 3.8) is 0 Å². The molecule has 0 bridgehead atoms. The van der Waals surface area contributed by atoms with Crippen molar-refractivity contribution < 1.29 is 21.9 Å². The van der Waals surface area contributed by atoms with Gasteiger partial charge in [-0.2, -0.15) is 8.78 Å². The van der Waals surface area contributed by atoms with E-state index >= 15 is 0 Å². The zero-order valence-corrected chi connectivity index (χ0v) is 13.8. The van der Waals surface area contributed by atoms with Crippen molar-refractivity contribution in [2.75, 3.05) is 13.2 Å². The smallest absolute Gasteiger partial charge is 0.341 e. The molecule has 2 rings (SSSR count). The molecule has 0 aliphatic rings. The summed E-state index contributed by atoms with van der Waals surface area (Å²) in [6.45, 7) is 2.00. The minimum atomic E-state index is -4.55. The minimum Gasteiger partial charge on any atom is -0.494 e. The lowest BCUT2D eigenvalue weighted by molar-refractivity contribution is 0.234. The Kier molecular flexibility index (Phi) is 6.69. The highest BCUT2D eigenvalue weighted by Gasteiger charge is 2.26. The van der Waals surface area contributed by atoms with Crippen LogP contribution in [-0.4, -0.2) is 27.3 Å². The lowest BCUT2D eigenvalue weighted by Crippen LogP contribution is -2.17. The van der Waals surface area contributed by atoms with Crippen LogP contribution in [0.4, 0.5) is 8.78 Å². The Bertz CT molecular complexity index is 719. The normalized spacial score (nSPS) is 11.6. The highest BCUT2D eigenvalue weighted by Crippen LogP contribution is 2.21. The van der Waals surface area contributed by atoms with Crippen molar-refractivity contribution in [3.8, 4) is 5.75 Å². The van der Waals surface area contributed by atoms with E-state index in [0.29, 0.717) is 12.4 Å². The standard InChI is InChI=1S/C17H19F2NO3S/c18-17(19)24(21,22)16-9-7-15(8-10-16)23-12-4-11-20-13-14-5-2-1-3-6-14/h1-3,5-10,17,20H,4,11-13H2. The van der Waals surface area contributed by atoms with Gasteiger partial charge in [-0.3, -0.25) is 0 Å². The molecule has 2 aromatic carbocycles. The van der Waals surface area contributed by atoms with E-state index in [9.17, 15) is 17.2 Å². The maximum atomic E-state index is 12.4. The summed E-state index contributed by atoms with van der Waals surface area (Å²) in [5, 5.41) is 3.29. The van der Waals surface area contributed by atoms with Crippen molar-refractivity contribution in [2.45, 2.75) is 23.6 Å². The Hall–Kier alpha value is -1.99. The molecule has 0 saturated carbocycles. The van der Waals surface area contributed by atoms with E-state index in [1.54, 1.807) is 0 Å². The fourth-order valence-corrected chi connectivity index (χ4v) is 2.77. The fraction of sp³-hybridized carbons (Fsp3) is 0.294. The number of sulfone groups is 1. The quantitative estimate of drug-likeness (QED) is 0.702. The molecule has 2 aromatic rings. The van der Waals surface area contributed by atoms with Crippen LogP contribution in [0.15, 0.2) is 59.5 Å². The minimum absolute atomic E-state index is 0.408. The molecule has 0 aromatic heterocycles. The van der Waals surface area contributed by atoms with Gasteiger partial charge in [-0.15, -0.1) is 0 Å². The molecule has 0 aliphatic carbocycles. The van der Waals surface area contributed by atoms with Crippen LogP contribution in [0.2, 0.25) is 0 Å². The number of hydrogen-bond donors (Lipinski definition) is 1. The van der Waals surface area contributed by atoms with Crippen molar-refractivity contribution in [2.24, 2.45) is 0 Å². The molecule has 0 radical (unpaired) electrons. The summed E-state index contributed by atoms with van der Waals surface area (Å²) < 4.78 is 52.9. The number of rotatable bonds is 9. The Morgan fingerprint density at radius 2 is 1.67 bits per heavy atom. The first-order valence-corrected chi connectivity index (χ1v) is 9.04. The summed E-state index contributed by atoms with van der Waals surface area (Å²) in [7, 11) is -4.55. The lowest BCUT2D eigenvalue weighted by atomic mass is 10.2. The van der Waals surface area contributed by atoms with Crippen molar-refractivity contribution in [3.05, 3.63) is 60.2 Å². The zero-order valence-electron chi connectivity index (χ0n) is 13.0. The van der Waals surface area contributed by atoms with E-state index in [1.165, 1.54) is 17.7 Å². The summed E-state index contributed by atoms with van der Waals surface area (Å²) in [5.74, 6) is -2.97. The third-order valence-corrected chi connectivity index (χ3v) is 4.72. The summed E-state index contributed by atoms with van der Waals surface area (Å²) >= 11 is 0. The highest BCUT2D eigenvalue weighted by atomic mass is 32.2. The van der Waals surface area contributed by atoms with Gasteiger partial charge < -0.3 is 10.1 Å². The molecule has 0 fully saturated rings. The maximum Gasteiger partial charge on any atom is 0.341 e. The van der Waals surface area contributed by atoms with Crippen LogP contribution < -0.4 is 10.1 Å². The van der Waals surface area contributed by atoms with E-state index in [2.05, 4.69) is 5.32 Å². The van der Waals surface area contributed by atoms with Crippen LogP contribution in [0.25, 0.3) is 0 Å². The van der Waals surface area contributed by atoms with Gasteiger partial charge in [0.2, 0.25) is 9.84 Å². The first-order chi connectivity index (χ1) is 11.5. The summed E-state index contributed by atoms with van der Waals surface area (Å²) in [6.07, 6.45) is 0.768. The van der Waals surface area contributed by atoms with Gasteiger partial charge in [0.1, 0.15) is 5.75 Å². The van der Waals surface area contributed by atoms with Gasteiger partial charge >= 0.3 is 5.76 Å².